The standard InChI is InChI=1S/C13H12N4S/c1-8(14)12-16-17-13(18-12)11-10-5-3-2-4-9(10)6-7-15-11/h2-8H,14H2,1H3. The van der Waals surface area contributed by atoms with Gasteiger partial charge in [-0.25, -0.2) is 0 Å². The molecule has 0 amide bonds. The van der Waals surface area contributed by atoms with Gasteiger partial charge in [-0.3, -0.25) is 4.98 Å². The summed E-state index contributed by atoms with van der Waals surface area (Å²) in [4.78, 5) is 4.42. The van der Waals surface area contributed by atoms with Crippen LogP contribution in [0.5, 0.6) is 0 Å². The van der Waals surface area contributed by atoms with E-state index < -0.39 is 0 Å². The third-order valence-electron chi connectivity index (χ3n) is 2.71. The van der Waals surface area contributed by atoms with Crippen LogP contribution in [-0.4, -0.2) is 15.2 Å². The largest absolute Gasteiger partial charge is 0.322 e. The number of rotatable bonds is 2. The lowest BCUT2D eigenvalue weighted by Crippen LogP contribution is -2.03. The van der Waals surface area contributed by atoms with Gasteiger partial charge in [-0.15, -0.1) is 10.2 Å². The highest BCUT2D eigenvalue weighted by Gasteiger charge is 2.12. The van der Waals surface area contributed by atoms with Gasteiger partial charge in [0.1, 0.15) is 10.7 Å². The average molecular weight is 256 g/mol. The topological polar surface area (TPSA) is 64.7 Å². The molecule has 2 heterocycles. The minimum Gasteiger partial charge on any atom is -0.322 e. The quantitative estimate of drug-likeness (QED) is 0.765. The molecule has 1 aromatic carbocycles. The fraction of sp³-hybridized carbons (Fsp3) is 0.154. The fourth-order valence-electron chi connectivity index (χ4n) is 1.80. The molecule has 1 unspecified atom stereocenters. The van der Waals surface area contributed by atoms with Crippen molar-refractivity contribution in [3.05, 3.63) is 41.5 Å². The first kappa shape index (κ1) is 11.3. The third kappa shape index (κ3) is 1.87. The summed E-state index contributed by atoms with van der Waals surface area (Å²) in [7, 11) is 0. The summed E-state index contributed by atoms with van der Waals surface area (Å²) < 4.78 is 0. The van der Waals surface area contributed by atoms with Crippen LogP contribution in [-0.2, 0) is 0 Å². The Kier molecular flexibility index (Phi) is 2.77. The molecule has 90 valence electrons. The zero-order chi connectivity index (χ0) is 12.5. The summed E-state index contributed by atoms with van der Waals surface area (Å²) in [5, 5.41) is 12.2. The average Bonchev–Trinajstić information content (AvgIpc) is 2.87. The van der Waals surface area contributed by atoms with Crippen molar-refractivity contribution in [1.82, 2.24) is 15.2 Å². The Labute approximate surface area is 109 Å². The van der Waals surface area contributed by atoms with Gasteiger partial charge in [0.05, 0.1) is 6.04 Å². The molecule has 0 bridgehead atoms. The van der Waals surface area contributed by atoms with Crippen LogP contribution in [0.2, 0.25) is 0 Å². The number of pyridine rings is 1. The molecule has 0 saturated heterocycles. The van der Waals surface area contributed by atoms with E-state index in [1.54, 1.807) is 6.20 Å². The first-order valence-electron chi connectivity index (χ1n) is 5.69. The second-order valence-corrected chi connectivity index (χ2v) is 5.12. The Hall–Kier alpha value is -1.85. The summed E-state index contributed by atoms with van der Waals surface area (Å²) >= 11 is 1.50. The van der Waals surface area contributed by atoms with Crippen LogP contribution in [0.1, 0.15) is 18.0 Å². The second-order valence-electron chi connectivity index (χ2n) is 4.11. The zero-order valence-corrected chi connectivity index (χ0v) is 10.7. The van der Waals surface area contributed by atoms with Crippen molar-refractivity contribution in [1.29, 1.82) is 0 Å². The number of hydrogen-bond donors (Lipinski definition) is 1. The van der Waals surface area contributed by atoms with Gasteiger partial charge in [0.25, 0.3) is 0 Å². The number of nitrogens with zero attached hydrogens (tertiary/aromatic N) is 3. The molecule has 3 rings (SSSR count). The maximum Gasteiger partial charge on any atom is 0.166 e. The maximum atomic E-state index is 5.81. The van der Waals surface area contributed by atoms with Crippen LogP contribution < -0.4 is 5.73 Å². The summed E-state index contributed by atoms with van der Waals surface area (Å²) in [6.45, 7) is 1.90. The predicted octanol–water partition coefficient (Wildman–Crippen LogP) is 2.77. The van der Waals surface area contributed by atoms with E-state index in [2.05, 4.69) is 21.2 Å². The van der Waals surface area contributed by atoms with Crippen LogP contribution in [0.4, 0.5) is 0 Å². The number of hydrogen-bond acceptors (Lipinski definition) is 5. The first-order chi connectivity index (χ1) is 8.75. The molecule has 4 nitrogen and oxygen atoms in total. The Morgan fingerprint density at radius 3 is 2.78 bits per heavy atom. The molecule has 5 heteroatoms. The van der Waals surface area contributed by atoms with Crippen LogP contribution in [0, 0.1) is 0 Å². The van der Waals surface area contributed by atoms with Gasteiger partial charge in [-0.1, -0.05) is 35.6 Å². The number of benzene rings is 1. The van der Waals surface area contributed by atoms with Crippen LogP contribution in [0.15, 0.2) is 36.5 Å². The van der Waals surface area contributed by atoms with Gasteiger partial charge >= 0.3 is 0 Å². The lowest BCUT2D eigenvalue weighted by atomic mass is 10.1. The van der Waals surface area contributed by atoms with E-state index in [1.165, 1.54) is 11.3 Å². The molecule has 0 aliphatic carbocycles. The van der Waals surface area contributed by atoms with Gasteiger partial charge in [0.15, 0.2) is 5.01 Å². The van der Waals surface area contributed by atoms with Crippen molar-refractivity contribution in [2.75, 3.05) is 0 Å². The molecule has 0 saturated carbocycles. The molecule has 0 fully saturated rings. The Bertz CT molecular complexity index is 685. The molecule has 1 atom stereocenters. The van der Waals surface area contributed by atoms with E-state index in [1.807, 2.05) is 31.2 Å². The molecule has 0 aliphatic rings. The summed E-state index contributed by atoms with van der Waals surface area (Å²) in [6.07, 6.45) is 1.80. The van der Waals surface area contributed by atoms with Crippen LogP contribution in [0.3, 0.4) is 0 Å². The van der Waals surface area contributed by atoms with E-state index in [-0.39, 0.29) is 6.04 Å². The summed E-state index contributed by atoms with van der Waals surface area (Å²) in [5.41, 5.74) is 6.68. The second kappa shape index (κ2) is 4.44. The minimum atomic E-state index is -0.0915. The molecular formula is C13H12N4S. The minimum absolute atomic E-state index is 0.0915. The first-order valence-corrected chi connectivity index (χ1v) is 6.50. The summed E-state index contributed by atoms with van der Waals surface area (Å²) in [5.74, 6) is 0. The van der Waals surface area contributed by atoms with E-state index >= 15 is 0 Å². The van der Waals surface area contributed by atoms with E-state index in [0.717, 1.165) is 26.5 Å². The molecule has 18 heavy (non-hydrogen) atoms. The highest BCUT2D eigenvalue weighted by Crippen LogP contribution is 2.29. The van der Waals surface area contributed by atoms with Crippen molar-refractivity contribution in [2.24, 2.45) is 5.73 Å². The van der Waals surface area contributed by atoms with Crippen molar-refractivity contribution in [2.45, 2.75) is 13.0 Å². The van der Waals surface area contributed by atoms with Gasteiger partial charge < -0.3 is 5.73 Å². The third-order valence-corrected chi connectivity index (χ3v) is 3.84. The molecule has 0 radical (unpaired) electrons. The highest BCUT2D eigenvalue weighted by molar-refractivity contribution is 7.14. The van der Waals surface area contributed by atoms with Gasteiger partial charge in [0, 0.05) is 11.6 Å². The molecule has 0 aliphatic heterocycles. The van der Waals surface area contributed by atoms with E-state index in [9.17, 15) is 0 Å². The smallest absolute Gasteiger partial charge is 0.166 e. The van der Waals surface area contributed by atoms with Crippen LogP contribution >= 0.6 is 11.3 Å². The normalized spacial score (nSPS) is 12.8. The predicted molar refractivity (Wildman–Crippen MR) is 73.2 cm³/mol. The van der Waals surface area contributed by atoms with E-state index in [4.69, 9.17) is 5.73 Å². The van der Waals surface area contributed by atoms with Crippen molar-refractivity contribution in [3.63, 3.8) is 0 Å². The molecular weight excluding hydrogens is 244 g/mol. The maximum absolute atomic E-state index is 5.81. The number of aromatic nitrogens is 3. The monoisotopic (exact) mass is 256 g/mol. The SMILES string of the molecule is CC(N)c1nnc(-c2nccc3ccccc23)s1. The van der Waals surface area contributed by atoms with Crippen molar-refractivity contribution >= 4 is 22.1 Å². The van der Waals surface area contributed by atoms with Crippen molar-refractivity contribution < 1.29 is 0 Å². The Morgan fingerprint density at radius 1 is 1.17 bits per heavy atom. The number of fused-ring (bicyclic) bond motifs is 1. The molecule has 0 spiro atoms. The molecule has 3 aromatic rings. The summed E-state index contributed by atoms with van der Waals surface area (Å²) in [6, 6.07) is 10.0. The lowest BCUT2D eigenvalue weighted by Gasteiger charge is -2.01. The van der Waals surface area contributed by atoms with Crippen LogP contribution in [0.25, 0.3) is 21.5 Å². The van der Waals surface area contributed by atoms with Gasteiger partial charge in [0.2, 0.25) is 0 Å². The van der Waals surface area contributed by atoms with Gasteiger partial charge in [-0.05, 0) is 18.4 Å². The Morgan fingerprint density at radius 2 is 2.00 bits per heavy atom. The van der Waals surface area contributed by atoms with Crippen molar-refractivity contribution in [3.8, 4) is 10.7 Å². The van der Waals surface area contributed by atoms with Gasteiger partial charge in [-0.2, -0.15) is 0 Å². The molecule has 2 N–H and O–H groups in total. The Balaban J connectivity index is 2.18. The van der Waals surface area contributed by atoms with E-state index in [0.29, 0.717) is 0 Å². The highest BCUT2D eigenvalue weighted by atomic mass is 32.1. The fourth-order valence-corrected chi connectivity index (χ4v) is 2.61. The molecule has 2 aromatic heterocycles. The number of nitrogens with two attached hydrogens (primary N) is 1. The zero-order valence-electron chi connectivity index (χ0n) is 9.87. The lowest BCUT2D eigenvalue weighted by molar-refractivity contribution is 0.786.